The van der Waals surface area contributed by atoms with Gasteiger partial charge in [-0.05, 0) is 35.9 Å². The Balaban J connectivity index is 1.38. The average Bonchev–Trinajstić information content (AvgIpc) is 2.84. The van der Waals surface area contributed by atoms with Crippen molar-refractivity contribution in [2.24, 2.45) is 0 Å². The molecule has 2 heterocycles. The number of nitrogens with zero attached hydrogens (tertiary/aromatic N) is 3. The lowest BCUT2D eigenvalue weighted by molar-refractivity contribution is 0.214. The fraction of sp³-hybridized carbons (Fsp3) is 0.269. The topological polar surface area (TPSA) is 48.8 Å². The van der Waals surface area contributed by atoms with Crippen molar-refractivity contribution in [1.82, 2.24) is 9.88 Å². The van der Waals surface area contributed by atoms with Crippen molar-refractivity contribution in [3.63, 3.8) is 0 Å². The predicted molar refractivity (Wildman–Crippen MR) is 123 cm³/mol. The maximum absolute atomic E-state index is 10.9. The number of anilines is 1. The molecule has 1 unspecified atom stereocenters. The highest BCUT2D eigenvalue weighted by Crippen LogP contribution is 2.30. The van der Waals surface area contributed by atoms with Gasteiger partial charge in [-0.15, -0.1) is 6.42 Å². The van der Waals surface area contributed by atoms with E-state index < -0.39 is 6.10 Å². The number of ether oxygens (including phenoxy) is 1. The highest BCUT2D eigenvalue weighted by atomic mass is 16.5. The normalized spacial score (nSPS) is 15.3. The number of hydrogen-bond acceptors (Lipinski definition) is 5. The summed E-state index contributed by atoms with van der Waals surface area (Å²) in [5.41, 5.74) is 3.91. The molecule has 3 aromatic rings. The van der Waals surface area contributed by atoms with E-state index >= 15 is 0 Å². The lowest BCUT2D eigenvalue weighted by atomic mass is 10.0. The third-order valence-corrected chi connectivity index (χ3v) is 5.56. The van der Waals surface area contributed by atoms with Crippen LogP contribution in [0, 0.1) is 12.3 Å². The van der Waals surface area contributed by atoms with Crippen LogP contribution in [-0.2, 0) is 6.54 Å². The molecule has 158 valence electrons. The second kappa shape index (κ2) is 10.1. The van der Waals surface area contributed by atoms with E-state index in [0.29, 0.717) is 5.69 Å². The quantitative estimate of drug-likeness (QED) is 0.601. The molecule has 1 atom stereocenters. The van der Waals surface area contributed by atoms with E-state index in [2.05, 4.69) is 38.9 Å². The summed E-state index contributed by atoms with van der Waals surface area (Å²) < 4.78 is 5.44. The molecule has 0 radical (unpaired) electrons. The molecule has 1 N–H and O–H groups in total. The monoisotopic (exact) mass is 413 g/mol. The number of pyridine rings is 1. The number of para-hydroxylation sites is 1. The number of terminal acetylenes is 1. The van der Waals surface area contributed by atoms with Crippen LogP contribution in [0.1, 0.15) is 22.9 Å². The maximum atomic E-state index is 10.9. The van der Waals surface area contributed by atoms with Crippen LogP contribution in [0.2, 0.25) is 0 Å². The number of aliphatic hydroxyl groups excluding tert-OH is 1. The molecule has 0 amide bonds. The van der Waals surface area contributed by atoms with Gasteiger partial charge in [0.05, 0.1) is 5.69 Å². The van der Waals surface area contributed by atoms with Crippen molar-refractivity contribution in [3.8, 4) is 18.1 Å². The summed E-state index contributed by atoms with van der Waals surface area (Å²) in [6.07, 6.45) is 6.22. The maximum Gasteiger partial charge on any atom is 0.148 e. The summed E-state index contributed by atoms with van der Waals surface area (Å²) in [6.45, 7) is 4.94. The Morgan fingerprint density at radius 2 is 1.71 bits per heavy atom. The molecule has 31 heavy (non-hydrogen) atoms. The molecule has 1 aliphatic rings. The Bertz CT molecular complexity index is 1010. The molecule has 1 aromatic heterocycles. The van der Waals surface area contributed by atoms with Crippen LogP contribution >= 0.6 is 0 Å². The Labute approximate surface area is 183 Å². The van der Waals surface area contributed by atoms with Gasteiger partial charge in [-0.1, -0.05) is 42.3 Å². The second-order valence-corrected chi connectivity index (χ2v) is 7.62. The number of hydrogen-bond donors (Lipinski definition) is 1. The summed E-state index contributed by atoms with van der Waals surface area (Å²) in [5, 5.41) is 10.9. The van der Waals surface area contributed by atoms with Gasteiger partial charge in [-0.3, -0.25) is 9.88 Å². The van der Waals surface area contributed by atoms with Crippen LogP contribution in [0.3, 0.4) is 0 Å². The predicted octanol–water partition coefficient (Wildman–Crippen LogP) is 3.50. The van der Waals surface area contributed by atoms with Crippen molar-refractivity contribution in [2.45, 2.75) is 12.6 Å². The fourth-order valence-electron chi connectivity index (χ4n) is 3.92. The van der Waals surface area contributed by atoms with Crippen LogP contribution in [0.15, 0.2) is 72.9 Å². The van der Waals surface area contributed by atoms with Crippen LogP contribution < -0.4 is 9.64 Å². The molecule has 0 spiro atoms. The van der Waals surface area contributed by atoms with E-state index in [1.54, 1.807) is 6.20 Å². The Morgan fingerprint density at radius 3 is 2.42 bits per heavy atom. The highest BCUT2D eigenvalue weighted by Gasteiger charge is 2.22. The largest absolute Gasteiger partial charge is 0.481 e. The minimum Gasteiger partial charge on any atom is -0.481 e. The second-order valence-electron chi connectivity index (χ2n) is 7.62. The van der Waals surface area contributed by atoms with Crippen LogP contribution in [0.5, 0.6) is 5.75 Å². The van der Waals surface area contributed by atoms with Crippen molar-refractivity contribution < 1.29 is 9.84 Å². The molecule has 1 saturated heterocycles. The van der Waals surface area contributed by atoms with Gasteiger partial charge < -0.3 is 14.7 Å². The van der Waals surface area contributed by atoms with Gasteiger partial charge in [0, 0.05) is 50.2 Å². The van der Waals surface area contributed by atoms with Gasteiger partial charge in [0.2, 0.25) is 0 Å². The number of piperazine rings is 1. The lowest BCUT2D eigenvalue weighted by Gasteiger charge is -2.37. The number of benzene rings is 2. The molecule has 4 rings (SSSR count). The van der Waals surface area contributed by atoms with Crippen molar-refractivity contribution >= 4 is 5.69 Å². The summed E-state index contributed by atoms with van der Waals surface area (Å²) in [4.78, 5) is 9.13. The van der Waals surface area contributed by atoms with E-state index in [9.17, 15) is 5.11 Å². The van der Waals surface area contributed by atoms with Gasteiger partial charge in [-0.25, -0.2) is 0 Å². The molecule has 0 aliphatic carbocycles. The Morgan fingerprint density at radius 1 is 0.968 bits per heavy atom. The minimum absolute atomic E-state index is 0.289. The third-order valence-electron chi connectivity index (χ3n) is 5.56. The third kappa shape index (κ3) is 5.24. The summed E-state index contributed by atoms with van der Waals surface area (Å²) in [7, 11) is 0. The number of rotatable bonds is 7. The van der Waals surface area contributed by atoms with E-state index in [-0.39, 0.29) is 6.61 Å². The first-order valence-corrected chi connectivity index (χ1v) is 10.5. The molecule has 5 nitrogen and oxygen atoms in total. The fourth-order valence-corrected chi connectivity index (χ4v) is 3.92. The van der Waals surface area contributed by atoms with E-state index in [0.717, 1.165) is 49.7 Å². The van der Waals surface area contributed by atoms with Gasteiger partial charge in [0.25, 0.3) is 0 Å². The molecule has 2 aromatic carbocycles. The molecule has 1 aliphatic heterocycles. The van der Waals surface area contributed by atoms with Gasteiger partial charge >= 0.3 is 0 Å². The van der Waals surface area contributed by atoms with Gasteiger partial charge in [-0.2, -0.15) is 0 Å². The zero-order valence-electron chi connectivity index (χ0n) is 17.5. The summed E-state index contributed by atoms with van der Waals surface area (Å²) >= 11 is 0. The first-order valence-electron chi connectivity index (χ1n) is 10.5. The minimum atomic E-state index is -0.731. The number of aromatic nitrogens is 1. The molecule has 5 heteroatoms. The molecular weight excluding hydrogens is 386 g/mol. The van der Waals surface area contributed by atoms with Gasteiger partial charge in [0.1, 0.15) is 18.5 Å². The van der Waals surface area contributed by atoms with E-state index in [1.807, 2.05) is 48.5 Å². The van der Waals surface area contributed by atoms with Crippen LogP contribution in [0.25, 0.3) is 0 Å². The Hall–Kier alpha value is -3.33. The first kappa shape index (κ1) is 20.9. The molecule has 0 saturated carbocycles. The lowest BCUT2D eigenvalue weighted by Crippen LogP contribution is -2.46. The van der Waals surface area contributed by atoms with Gasteiger partial charge in [0.15, 0.2) is 0 Å². The molecular formula is C26H27N3O2. The Kier molecular flexibility index (Phi) is 6.83. The molecule has 0 bridgehead atoms. The van der Waals surface area contributed by atoms with E-state index in [1.165, 1.54) is 5.56 Å². The van der Waals surface area contributed by atoms with Crippen LogP contribution in [0.4, 0.5) is 5.69 Å². The van der Waals surface area contributed by atoms with Crippen molar-refractivity contribution in [2.75, 3.05) is 37.7 Å². The SMILES string of the molecule is C#CCOc1ccc(CN2CCN(c3ccccc3C(O)c3ccccn3)CC2)cc1. The molecule has 1 fully saturated rings. The standard InChI is InChI=1S/C26H27N3O2/c1-2-19-31-22-12-10-21(11-13-22)20-28-15-17-29(18-16-28)25-9-4-3-7-23(25)26(30)24-8-5-6-14-27-24/h1,3-14,26,30H,15-20H2. The van der Waals surface area contributed by atoms with Crippen molar-refractivity contribution in [3.05, 3.63) is 89.7 Å². The smallest absolute Gasteiger partial charge is 0.148 e. The summed E-state index contributed by atoms with van der Waals surface area (Å²) in [6, 6.07) is 21.8. The summed E-state index contributed by atoms with van der Waals surface area (Å²) in [5.74, 6) is 3.28. The van der Waals surface area contributed by atoms with E-state index in [4.69, 9.17) is 11.2 Å². The zero-order valence-corrected chi connectivity index (χ0v) is 17.5. The first-order chi connectivity index (χ1) is 15.2. The van der Waals surface area contributed by atoms with Crippen LogP contribution in [-0.4, -0.2) is 47.8 Å². The highest BCUT2D eigenvalue weighted by molar-refractivity contribution is 5.56. The zero-order chi connectivity index (χ0) is 21.5. The number of aliphatic hydroxyl groups is 1. The van der Waals surface area contributed by atoms with Crippen molar-refractivity contribution in [1.29, 1.82) is 0 Å². The average molecular weight is 414 g/mol.